The summed E-state index contributed by atoms with van der Waals surface area (Å²) in [4.78, 5) is 102. The molecule has 0 aliphatic rings. The number of carbonyl (C=O) groups excluding carboxylic acids is 8. The summed E-state index contributed by atoms with van der Waals surface area (Å²) in [6.45, 7) is 19.6. The number of hydrogen-bond donors (Lipinski definition) is 6. The molecule has 0 bridgehead atoms. The summed E-state index contributed by atoms with van der Waals surface area (Å²) >= 11 is 0. The summed E-state index contributed by atoms with van der Waals surface area (Å²) in [6.07, 6.45) is 18.0. The third-order valence-corrected chi connectivity index (χ3v) is 11.2. The Balaban J connectivity index is 3.85. The second kappa shape index (κ2) is 47.0. The van der Waals surface area contributed by atoms with E-state index in [0.717, 1.165) is 38.5 Å². The zero-order chi connectivity index (χ0) is 59.1. The zero-order valence-corrected chi connectivity index (χ0v) is 50.1. The van der Waals surface area contributed by atoms with Crippen LogP contribution in [0.4, 0.5) is 4.79 Å². The van der Waals surface area contributed by atoms with Gasteiger partial charge in [-0.1, -0.05) is 77.0 Å². The standard InChI is InChI=1S/C57H106N6O16/c1-55(2,3)77-52(69)28-23-21-19-17-15-13-11-10-12-14-16-18-20-22-27-51(68)62-46(53(70)78-56(4,5)6)26-24-25-33-58-49(66)31-37-72-42-45-75-40-35-60-50(67)32-38-73-43-44-74-39-34-59-47(64)29-30-48(65)61-36-41-76-63-54(71)79-57(7,8)9/h46H,10-45H2,1-9H3,(H,58,66)(H,59,64)(H,60,67)(H,61,65)(H,62,68)(H,63,71)/t46-/m0/s1. The van der Waals surface area contributed by atoms with Crippen LogP contribution >= 0.6 is 0 Å². The van der Waals surface area contributed by atoms with Gasteiger partial charge in [0.15, 0.2) is 0 Å². The Bertz CT molecular complexity index is 1670. The number of rotatable bonds is 49. The SMILES string of the molecule is CC(C)(C)OC(=O)CCCCCCCCCCCCCCCCC(=O)N[C@@H](CCCCNC(=O)CCOCCOCCNC(=O)CCOCCOCCNC(=O)CCC(=O)NCCONC(=O)OC(C)(C)C)C(=O)OC(C)(C)C. The lowest BCUT2D eigenvalue weighted by molar-refractivity contribution is -0.159. The first-order valence-corrected chi connectivity index (χ1v) is 29.2. The molecule has 0 saturated heterocycles. The summed E-state index contributed by atoms with van der Waals surface area (Å²) in [5.41, 5.74) is 0.363. The molecule has 6 amide bonds. The molecular formula is C57H106N6O16. The van der Waals surface area contributed by atoms with E-state index in [1.165, 1.54) is 51.4 Å². The van der Waals surface area contributed by atoms with E-state index >= 15 is 0 Å². The lowest BCUT2D eigenvalue weighted by atomic mass is 10.0. The maximum atomic E-state index is 13.0. The van der Waals surface area contributed by atoms with E-state index in [9.17, 15) is 38.4 Å². The van der Waals surface area contributed by atoms with Gasteiger partial charge in [-0.15, -0.1) is 0 Å². The molecule has 0 saturated carbocycles. The molecule has 0 aliphatic heterocycles. The van der Waals surface area contributed by atoms with Crippen molar-refractivity contribution < 1.29 is 76.4 Å². The summed E-state index contributed by atoms with van der Waals surface area (Å²) in [6, 6.07) is -0.750. The van der Waals surface area contributed by atoms with Crippen molar-refractivity contribution in [2.75, 3.05) is 85.6 Å². The van der Waals surface area contributed by atoms with Crippen molar-refractivity contribution in [1.29, 1.82) is 0 Å². The van der Waals surface area contributed by atoms with Crippen LogP contribution in [0.5, 0.6) is 0 Å². The Kier molecular flexibility index (Phi) is 44.3. The molecule has 6 N–H and O–H groups in total. The number of esters is 2. The number of unbranched alkanes of at least 4 members (excludes halogenated alkanes) is 14. The van der Waals surface area contributed by atoms with E-state index < -0.39 is 34.9 Å². The number of nitrogens with one attached hydrogen (secondary N) is 6. The van der Waals surface area contributed by atoms with E-state index in [-0.39, 0.29) is 114 Å². The Morgan fingerprint density at radius 3 is 1.16 bits per heavy atom. The molecule has 0 aromatic heterocycles. The maximum Gasteiger partial charge on any atom is 0.431 e. The normalized spacial score (nSPS) is 12.0. The zero-order valence-electron chi connectivity index (χ0n) is 50.1. The van der Waals surface area contributed by atoms with Gasteiger partial charge in [-0.2, -0.15) is 5.48 Å². The molecule has 1 atom stereocenters. The number of amides is 6. The van der Waals surface area contributed by atoms with Crippen molar-refractivity contribution in [1.82, 2.24) is 32.1 Å². The molecule has 0 spiro atoms. The van der Waals surface area contributed by atoms with Crippen LogP contribution in [0.2, 0.25) is 0 Å². The summed E-state index contributed by atoms with van der Waals surface area (Å²) in [5.74, 6) is -1.67. The average molecular weight is 1130 g/mol. The van der Waals surface area contributed by atoms with Crippen molar-refractivity contribution in [3.8, 4) is 0 Å². The predicted molar refractivity (Wildman–Crippen MR) is 300 cm³/mol. The second-order valence-corrected chi connectivity index (χ2v) is 22.5. The monoisotopic (exact) mass is 1130 g/mol. The molecule has 0 aromatic rings. The Labute approximate surface area is 473 Å². The number of hydrogen-bond acceptors (Lipinski definition) is 16. The van der Waals surface area contributed by atoms with Crippen molar-refractivity contribution >= 4 is 47.6 Å². The third-order valence-electron chi connectivity index (χ3n) is 11.2. The first-order valence-electron chi connectivity index (χ1n) is 29.2. The van der Waals surface area contributed by atoms with Gasteiger partial charge in [0.05, 0.1) is 59.5 Å². The molecule has 0 radical (unpaired) electrons. The minimum absolute atomic E-state index is 0.00320. The minimum Gasteiger partial charge on any atom is -0.460 e. The maximum absolute atomic E-state index is 13.0. The molecule has 460 valence electrons. The molecule has 0 aromatic carbocycles. The number of ether oxygens (including phenoxy) is 7. The van der Waals surface area contributed by atoms with Gasteiger partial charge in [0.2, 0.25) is 29.5 Å². The van der Waals surface area contributed by atoms with Crippen LogP contribution in [-0.4, -0.2) is 156 Å². The van der Waals surface area contributed by atoms with Crippen molar-refractivity contribution in [2.24, 2.45) is 0 Å². The van der Waals surface area contributed by atoms with E-state index in [1.54, 1.807) is 41.5 Å². The average Bonchev–Trinajstić information content (AvgIpc) is 3.34. The molecule has 0 fully saturated rings. The van der Waals surface area contributed by atoms with Gasteiger partial charge in [0, 0.05) is 64.7 Å². The highest BCUT2D eigenvalue weighted by Gasteiger charge is 2.26. The van der Waals surface area contributed by atoms with Gasteiger partial charge in [0.1, 0.15) is 22.8 Å². The molecular weight excluding hydrogens is 1020 g/mol. The first kappa shape index (κ1) is 74.4. The number of hydroxylamine groups is 1. The fourth-order valence-electron chi connectivity index (χ4n) is 7.39. The fourth-order valence-corrected chi connectivity index (χ4v) is 7.39. The lowest BCUT2D eigenvalue weighted by Gasteiger charge is -2.24. The summed E-state index contributed by atoms with van der Waals surface area (Å²) in [5, 5.41) is 13.8. The minimum atomic E-state index is -0.750. The highest BCUT2D eigenvalue weighted by molar-refractivity contribution is 5.85. The van der Waals surface area contributed by atoms with E-state index in [0.29, 0.717) is 65.0 Å². The van der Waals surface area contributed by atoms with Crippen molar-refractivity contribution in [2.45, 2.75) is 233 Å². The van der Waals surface area contributed by atoms with Gasteiger partial charge < -0.3 is 59.7 Å². The molecule has 22 heteroatoms. The molecule has 0 unspecified atom stereocenters. The van der Waals surface area contributed by atoms with E-state index in [4.69, 9.17) is 38.0 Å². The van der Waals surface area contributed by atoms with Crippen LogP contribution in [0.1, 0.15) is 210 Å². The van der Waals surface area contributed by atoms with Gasteiger partial charge >= 0.3 is 18.0 Å². The predicted octanol–water partition coefficient (Wildman–Crippen LogP) is 7.11. The van der Waals surface area contributed by atoms with Crippen LogP contribution < -0.4 is 32.1 Å². The second-order valence-electron chi connectivity index (χ2n) is 22.5. The molecule has 0 heterocycles. The number of carbonyl (C=O) groups is 8. The summed E-state index contributed by atoms with van der Waals surface area (Å²) < 4.78 is 37.8. The molecule has 0 rings (SSSR count). The van der Waals surface area contributed by atoms with Gasteiger partial charge in [-0.3, -0.25) is 33.6 Å². The Hall–Kier alpha value is -4.64. The topological polar surface area (TPSA) is 283 Å². The van der Waals surface area contributed by atoms with Gasteiger partial charge in [0.25, 0.3) is 0 Å². The van der Waals surface area contributed by atoms with Crippen LogP contribution in [0, 0.1) is 0 Å². The Morgan fingerprint density at radius 2 is 0.722 bits per heavy atom. The van der Waals surface area contributed by atoms with Crippen LogP contribution in [0.3, 0.4) is 0 Å². The first-order chi connectivity index (χ1) is 37.5. The molecule has 79 heavy (non-hydrogen) atoms. The highest BCUT2D eigenvalue weighted by Crippen LogP contribution is 2.16. The third kappa shape index (κ3) is 55.1. The van der Waals surface area contributed by atoms with Crippen LogP contribution in [0.15, 0.2) is 0 Å². The van der Waals surface area contributed by atoms with E-state index in [1.807, 2.05) is 20.8 Å². The van der Waals surface area contributed by atoms with Crippen LogP contribution in [0.25, 0.3) is 0 Å². The van der Waals surface area contributed by atoms with Crippen molar-refractivity contribution in [3.05, 3.63) is 0 Å². The fraction of sp³-hybridized carbons (Fsp3) is 0.860. The van der Waals surface area contributed by atoms with Gasteiger partial charge in [-0.25, -0.2) is 9.59 Å². The van der Waals surface area contributed by atoms with Crippen molar-refractivity contribution in [3.63, 3.8) is 0 Å². The summed E-state index contributed by atoms with van der Waals surface area (Å²) in [7, 11) is 0. The van der Waals surface area contributed by atoms with E-state index in [2.05, 4.69) is 32.1 Å². The molecule has 22 nitrogen and oxygen atoms in total. The van der Waals surface area contributed by atoms with Crippen LogP contribution in [-0.2, 0) is 71.6 Å². The lowest BCUT2D eigenvalue weighted by Crippen LogP contribution is -2.44. The van der Waals surface area contributed by atoms with Gasteiger partial charge in [-0.05, 0) is 94.4 Å². The smallest absolute Gasteiger partial charge is 0.431 e. The highest BCUT2D eigenvalue weighted by atomic mass is 16.7. The quantitative estimate of drug-likeness (QED) is 0.0153. The molecule has 0 aliphatic carbocycles. The largest absolute Gasteiger partial charge is 0.460 e. The Morgan fingerprint density at radius 1 is 0.342 bits per heavy atom.